The number of fused-ring (bicyclic) bond motifs is 3. The van der Waals surface area contributed by atoms with E-state index in [0.29, 0.717) is 6.54 Å². The van der Waals surface area contributed by atoms with Crippen LogP contribution in [0.15, 0.2) is 60.7 Å². The normalized spacial score (nSPS) is 12.0. The van der Waals surface area contributed by atoms with Gasteiger partial charge in [0.05, 0.1) is 0 Å². The Balaban J connectivity index is 1.63. The summed E-state index contributed by atoms with van der Waals surface area (Å²) in [5.41, 5.74) is 0.769. The maximum absolute atomic E-state index is 11.6. The second-order valence-electron chi connectivity index (χ2n) is 7.71. The van der Waals surface area contributed by atoms with Gasteiger partial charge in [-0.1, -0.05) is 60.7 Å². The molecule has 27 heavy (non-hydrogen) atoms. The summed E-state index contributed by atoms with van der Waals surface area (Å²) in [5.74, 6) is 0. The summed E-state index contributed by atoms with van der Waals surface area (Å²) in [7, 11) is 0. The molecule has 0 saturated carbocycles. The van der Waals surface area contributed by atoms with Crippen LogP contribution in [0.5, 0.6) is 0 Å². The van der Waals surface area contributed by atoms with Crippen molar-refractivity contribution in [2.75, 3.05) is 6.54 Å². The highest BCUT2D eigenvalue weighted by molar-refractivity contribution is 6.10. The molecule has 3 heteroatoms. The Morgan fingerprint density at radius 3 is 2.41 bits per heavy atom. The molecular formula is C24H27NO2. The predicted molar refractivity (Wildman–Crippen MR) is 114 cm³/mol. The number of carbonyl (C=O) groups excluding carboxylic acids is 1. The van der Waals surface area contributed by atoms with Gasteiger partial charge in [0.1, 0.15) is 5.60 Å². The van der Waals surface area contributed by atoms with Gasteiger partial charge in [-0.15, -0.1) is 0 Å². The standard InChI is InChI=1S/C24H27NO2/c1-24(2,3)27-23(26)25-16-10-4-5-11-18-17-19-12-6-7-13-20(19)22-15-9-8-14-21(18)22/h5-9,11-15,17H,4,10,16H2,1-3H3,(H,25,26)/b11-5-. The van der Waals surface area contributed by atoms with Gasteiger partial charge < -0.3 is 10.1 Å². The highest BCUT2D eigenvalue weighted by Gasteiger charge is 2.15. The summed E-state index contributed by atoms with van der Waals surface area (Å²) in [4.78, 5) is 11.6. The third-order valence-corrected chi connectivity index (χ3v) is 4.31. The first-order valence-electron chi connectivity index (χ1n) is 9.48. The number of hydrogen-bond acceptors (Lipinski definition) is 2. The van der Waals surface area contributed by atoms with E-state index in [9.17, 15) is 4.79 Å². The molecule has 0 heterocycles. The summed E-state index contributed by atoms with van der Waals surface area (Å²) < 4.78 is 5.23. The minimum Gasteiger partial charge on any atom is -0.444 e. The molecule has 0 aliphatic rings. The lowest BCUT2D eigenvalue weighted by molar-refractivity contribution is 0.0527. The van der Waals surface area contributed by atoms with Gasteiger partial charge in [0.2, 0.25) is 0 Å². The van der Waals surface area contributed by atoms with Crippen LogP contribution >= 0.6 is 0 Å². The molecule has 0 spiro atoms. The third-order valence-electron chi connectivity index (χ3n) is 4.31. The van der Waals surface area contributed by atoms with Crippen molar-refractivity contribution in [3.63, 3.8) is 0 Å². The van der Waals surface area contributed by atoms with Crippen molar-refractivity contribution in [2.24, 2.45) is 0 Å². The molecule has 0 bridgehead atoms. The highest BCUT2D eigenvalue weighted by atomic mass is 16.6. The number of rotatable bonds is 5. The van der Waals surface area contributed by atoms with Crippen LogP contribution in [0.25, 0.3) is 27.6 Å². The van der Waals surface area contributed by atoms with Crippen LogP contribution in [-0.4, -0.2) is 18.2 Å². The quantitative estimate of drug-likeness (QED) is 0.427. The number of benzene rings is 3. The second-order valence-corrected chi connectivity index (χ2v) is 7.71. The van der Waals surface area contributed by atoms with Crippen LogP contribution < -0.4 is 5.32 Å². The van der Waals surface area contributed by atoms with Crippen LogP contribution in [0.4, 0.5) is 4.79 Å². The molecule has 0 saturated heterocycles. The van der Waals surface area contributed by atoms with Gasteiger partial charge in [0, 0.05) is 6.54 Å². The van der Waals surface area contributed by atoms with E-state index in [4.69, 9.17) is 4.74 Å². The zero-order valence-corrected chi connectivity index (χ0v) is 16.3. The summed E-state index contributed by atoms with van der Waals surface area (Å²) in [6, 6.07) is 19.3. The number of alkyl carbamates (subject to hydrolysis) is 1. The first-order valence-corrected chi connectivity index (χ1v) is 9.48. The zero-order valence-electron chi connectivity index (χ0n) is 16.3. The molecule has 0 fully saturated rings. The van der Waals surface area contributed by atoms with Crippen LogP contribution in [0.2, 0.25) is 0 Å². The monoisotopic (exact) mass is 361 g/mol. The maximum Gasteiger partial charge on any atom is 0.407 e. The van der Waals surface area contributed by atoms with Crippen LogP contribution in [-0.2, 0) is 4.74 Å². The topological polar surface area (TPSA) is 38.3 Å². The van der Waals surface area contributed by atoms with E-state index in [0.717, 1.165) is 12.8 Å². The smallest absolute Gasteiger partial charge is 0.407 e. The molecule has 3 rings (SSSR count). The highest BCUT2D eigenvalue weighted by Crippen LogP contribution is 2.29. The van der Waals surface area contributed by atoms with Gasteiger partial charge in [-0.25, -0.2) is 4.79 Å². The van der Waals surface area contributed by atoms with Crippen molar-refractivity contribution >= 4 is 33.7 Å². The average molecular weight is 361 g/mol. The van der Waals surface area contributed by atoms with Crippen LogP contribution in [0.3, 0.4) is 0 Å². The molecular weight excluding hydrogens is 334 g/mol. The van der Waals surface area contributed by atoms with E-state index in [1.165, 1.54) is 27.1 Å². The first-order chi connectivity index (χ1) is 12.9. The van der Waals surface area contributed by atoms with Crippen molar-refractivity contribution in [1.29, 1.82) is 0 Å². The molecule has 3 nitrogen and oxygen atoms in total. The van der Waals surface area contributed by atoms with E-state index in [2.05, 4.69) is 72.1 Å². The number of amides is 1. The Bertz CT molecular complexity index is 967. The van der Waals surface area contributed by atoms with E-state index < -0.39 is 5.60 Å². The lowest BCUT2D eigenvalue weighted by atomic mass is 9.97. The molecule has 0 unspecified atom stereocenters. The SMILES string of the molecule is CC(C)(C)OC(=O)NCCC/C=C\c1cc2ccccc2c2ccccc12. The molecule has 0 aliphatic heterocycles. The second kappa shape index (κ2) is 8.26. The van der Waals surface area contributed by atoms with Crippen molar-refractivity contribution in [2.45, 2.75) is 39.2 Å². The molecule has 0 aliphatic carbocycles. The van der Waals surface area contributed by atoms with Gasteiger partial charge in [-0.3, -0.25) is 0 Å². The largest absolute Gasteiger partial charge is 0.444 e. The Morgan fingerprint density at radius 1 is 1.00 bits per heavy atom. The minimum atomic E-state index is -0.457. The fraction of sp³-hybridized carbons (Fsp3) is 0.292. The van der Waals surface area contributed by atoms with E-state index in [1.807, 2.05) is 20.8 Å². The summed E-state index contributed by atoms with van der Waals surface area (Å²) in [6.45, 7) is 6.20. The van der Waals surface area contributed by atoms with Gasteiger partial charge in [-0.05, 0) is 66.8 Å². The van der Waals surface area contributed by atoms with Gasteiger partial charge in [0.25, 0.3) is 0 Å². The van der Waals surface area contributed by atoms with E-state index >= 15 is 0 Å². The van der Waals surface area contributed by atoms with Gasteiger partial charge in [-0.2, -0.15) is 0 Å². The number of ether oxygens (including phenoxy) is 1. The maximum atomic E-state index is 11.6. The Morgan fingerprint density at radius 2 is 1.67 bits per heavy atom. The van der Waals surface area contributed by atoms with Crippen molar-refractivity contribution in [1.82, 2.24) is 5.32 Å². The number of allylic oxidation sites excluding steroid dienone is 1. The molecule has 0 aromatic heterocycles. The van der Waals surface area contributed by atoms with E-state index in [-0.39, 0.29) is 6.09 Å². The molecule has 1 N–H and O–H groups in total. The summed E-state index contributed by atoms with van der Waals surface area (Å²) >= 11 is 0. The molecule has 1 amide bonds. The summed E-state index contributed by atoms with van der Waals surface area (Å²) in [6.07, 6.45) is 5.78. The van der Waals surface area contributed by atoms with Crippen molar-refractivity contribution < 1.29 is 9.53 Å². The Kier molecular flexibility index (Phi) is 5.80. The predicted octanol–water partition coefficient (Wildman–Crippen LogP) is 6.31. The minimum absolute atomic E-state index is 0.355. The van der Waals surface area contributed by atoms with Gasteiger partial charge in [0.15, 0.2) is 0 Å². The van der Waals surface area contributed by atoms with Crippen LogP contribution in [0, 0.1) is 0 Å². The lowest BCUT2D eigenvalue weighted by Crippen LogP contribution is -2.32. The number of carbonyl (C=O) groups is 1. The van der Waals surface area contributed by atoms with Gasteiger partial charge >= 0.3 is 6.09 Å². The average Bonchev–Trinajstić information content (AvgIpc) is 2.63. The molecule has 0 atom stereocenters. The number of nitrogens with one attached hydrogen (secondary N) is 1. The molecule has 3 aromatic carbocycles. The molecule has 3 aromatic rings. The van der Waals surface area contributed by atoms with Crippen molar-refractivity contribution in [3.8, 4) is 0 Å². The Labute approximate surface area is 161 Å². The lowest BCUT2D eigenvalue weighted by Gasteiger charge is -2.19. The molecule has 140 valence electrons. The fourth-order valence-electron chi connectivity index (χ4n) is 3.16. The fourth-order valence-corrected chi connectivity index (χ4v) is 3.16. The van der Waals surface area contributed by atoms with Crippen LogP contribution in [0.1, 0.15) is 39.2 Å². The Hall–Kier alpha value is -2.81. The zero-order chi connectivity index (χ0) is 19.3. The first kappa shape index (κ1) is 19.0. The number of unbranched alkanes of at least 4 members (excludes halogenated alkanes) is 1. The van der Waals surface area contributed by atoms with E-state index in [1.54, 1.807) is 0 Å². The summed E-state index contributed by atoms with van der Waals surface area (Å²) in [5, 5.41) is 7.88. The van der Waals surface area contributed by atoms with Crippen molar-refractivity contribution in [3.05, 3.63) is 66.2 Å². The number of hydrogen-bond donors (Lipinski definition) is 1. The third kappa shape index (κ3) is 5.10. The molecule has 0 radical (unpaired) electrons.